The van der Waals surface area contributed by atoms with Crippen molar-refractivity contribution in [2.24, 2.45) is 0 Å². The van der Waals surface area contributed by atoms with Crippen LogP contribution in [0.15, 0.2) is 12.7 Å². The fourth-order valence-corrected chi connectivity index (χ4v) is 0.979. The van der Waals surface area contributed by atoms with Gasteiger partial charge in [-0.3, -0.25) is 4.79 Å². The third-order valence-corrected chi connectivity index (χ3v) is 1.90. The Morgan fingerprint density at radius 2 is 2.56 bits per heavy atom. The molecule has 2 nitrogen and oxygen atoms in total. The first-order valence-electron chi connectivity index (χ1n) is 2.59. The molecule has 0 fully saturated rings. The van der Waals surface area contributed by atoms with E-state index in [0.717, 1.165) is 0 Å². The first-order valence-corrected chi connectivity index (χ1v) is 3.87. The number of allylic oxidation sites excluding steroid dienone is 1. The van der Waals surface area contributed by atoms with E-state index in [1.807, 2.05) is 0 Å². The van der Waals surface area contributed by atoms with Gasteiger partial charge in [0.2, 0.25) is 0 Å². The number of thioether (sulfide) groups is 1. The van der Waals surface area contributed by atoms with E-state index in [2.05, 4.69) is 6.58 Å². The Kier molecular flexibility index (Phi) is 4.22. The van der Waals surface area contributed by atoms with Crippen LogP contribution in [-0.4, -0.2) is 22.6 Å². The van der Waals surface area contributed by atoms with Gasteiger partial charge in [-0.1, -0.05) is 6.08 Å². The van der Waals surface area contributed by atoms with Gasteiger partial charge in [-0.25, -0.2) is 0 Å². The smallest absolute Gasteiger partial charge is 0.316 e. The van der Waals surface area contributed by atoms with Gasteiger partial charge in [0.25, 0.3) is 0 Å². The Bertz CT molecular complexity index is 112. The van der Waals surface area contributed by atoms with Gasteiger partial charge in [-0.05, 0) is 12.7 Å². The van der Waals surface area contributed by atoms with Gasteiger partial charge < -0.3 is 5.11 Å². The lowest BCUT2D eigenvalue weighted by molar-refractivity contribution is -0.136. The minimum Gasteiger partial charge on any atom is -0.480 e. The highest BCUT2D eigenvalue weighted by molar-refractivity contribution is 7.99. The lowest BCUT2D eigenvalue weighted by Crippen LogP contribution is -2.14. The van der Waals surface area contributed by atoms with E-state index >= 15 is 0 Å². The van der Waals surface area contributed by atoms with Crippen molar-refractivity contribution in [3.05, 3.63) is 12.7 Å². The number of hydrogen-bond acceptors (Lipinski definition) is 2. The Balaban J connectivity index is 3.67. The zero-order chi connectivity index (χ0) is 7.28. The van der Waals surface area contributed by atoms with Crippen LogP contribution in [0.5, 0.6) is 0 Å². The zero-order valence-corrected chi connectivity index (χ0v) is 6.15. The first-order chi connectivity index (χ1) is 4.22. The summed E-state index contributed by atoms with van der Waals surface area (Å²) in [5.74, 6) is -0.762. The molecule has 1 atom stereocenters. The minimum absolute atomic E-state index is 0.317. The van der Waals surface area contributed by atoms with Crippen LogP contribution in [0.1, 0.15) is 6.42 Å². The van der Waals surface area contributed by atoms with Gasteiger partial charge in [0.1, 0.15) is 5.25 Å². The van der Waals surface area contributed by atoms with Gasteiger partial charge in [0.15, 0.2) is 0 Å². The number of rotatable bonds is 4. The molecule has 0 rings (SSSR count). The number of hydrogen-bond donors (Lipinski definition) is 1. The van der Waals surface area contributed by atoms with Gasteiger partial charge in [0.05, 0.1) is 0 Å². The number of carboxylic acid groups (broad SMARTS) is 1. The van der Waals surface area contributed by atoms with E-state index in [9.17, 15) is 4.79 Å². The fraction of sp³-hybridized carbons (Fsp3) is 0.500. The maximum Gasteiger partial charge on any atom is 0.316 e. The summed E-state index contributed by atoms with van der Waals surface area (Å²) >= 11 is 1.33. The Morgan fingerprint density at radius 1 is 2.00 bits per heavy atom. The molecule has 1 unspecified atom stereocenters. The van der Waals surface area contributed by atoms with Crippen LogP contribution in [0.4, 0.5) is 0 Å². The molecule has 0 radical (unpaired) electrons. The number of carbonyl (C=O) groups is 1. The van der Waals surface area contributed by atoms with Crippen molar-refractivity contribution in [2.45, 2.75) is 11.7 Å². The molecule has 0 aliphatic heterocycles. The highest BCUT2D eigenvalue weighted by Gasteiger charge is 2.12. The average Bonchev–Trinajstić information content (AvgIpc) is 1.82. The predicted octanol–water partition coefficient (Wildman–Crippen LogP) is 1.38. The molecule has 3 heteroatoms. The standard InChI is InChI=1S/C6H10O2S/c1-3-4-5(9-2)6(7)8/h3,5H,1,4H2,2H3,(H,7,8). The second-order valence-corrected chi connectivity index (χ2v) is 2.63. The van der Waals surface area contributed by atoms with E-state index in [4.69, 9.17) is 5.11 Å². The lowest BCUT2D eigenvalue weighted by atomic mass is 10.3. The van der Waals surface area contributed by atoms with Crippen molar-refractivity contribution < 1.29 is 9.90 Å². The molecule has 1 N–H and O–H groups in total. The van der Waals surface area contributed by atoms with E-state index in [1.165, 1.54) is 11.8 Å². The summed E-state index contributed by atoms with van der Waals surface area (Å²) in [6.45, 7) is 3.45. The van der Waals surface area contributed by atoms with Crippen molar-refractivity contribution in [3.8, 4) is 0 Å². The Morgan fingerprint density at radius 3 is 2.67 bits per heavy atom. The second-order valence-electron chi connectivity index (χ2n) is 1.59. The van der Waals surface area contributed by atoms with Crippen LogP contribution in [0, 0.1) is 0 Å². The molecule has 0 amide bonds. The molecule has 0 spiro atoms. The fourth-order valence-electron chi connectivity index (χ4n) is 0.449. The summed E-state index contributed by atoms with van der Waals surface area (Å²) in [5, 5.41) is 8.12. The lowest BCUT2D eigenvalue weighted by Gasteiger charge is -2.03. The van der Waals surface area contributed by atoms with Crippen LogP contribution in [-0.2, 0) is 4.79 Å². The summed E-state index contributed by atoms with van der Waals surface area (Å²) in [7, 11) is 0. The van der Waals surface area contributed by atoms with Gasteiger partial charge in [-0.15, -0.1) is 18.3 Å². The molecule has 0 saturated heterocycles. The van der Waals surface area contributed by atoms with Crippen molar-refractivity contribution in [1.82, 2.24) is 0 Å². The molecule has 0 aromatic carbocycles. The van der Waals surface area contributed by atoms with Gasteiger partial charge in [-0.2, -0.15) is 0 Å². The second kappa shape index (κ2) is 4.44. The van der Waals surface area contributed by atoms with E-state index in [1.54, 1.807) is 12.3 Å². The topological polar surface area (TPSA) is 37.3 Å². The van der Waals surface area contributed by atoms with E-state index in [0.29, 0.717) is 6.42 Å². The van der Waals surface area contributed by atoms with E-state index in [-0.39, 0.29) is 5.25 Å². The Hall–Kier alpha value is -0.440. The molecule has 0 aliphatic carbocycles. The predicted molar refractivity (Wildman–Crippen MR) is 39.8 cm³/mol. The number of aliphatic carboxylic acids is 1. The molecule has 0 aliphatic rings. The normalized spacial score (nSPS) is 12.6. The van der Waals surface area contributed by atoms with Crippen LogP contribution in [0.3, 0.4) is 0 Å². The van der Waals surface area contributed by atoms with Crippen LogP contribution >= 0.6 is 11.8 Å². The molecule has 0 aromatic rings. The van der Waals surface area contributed by atoms with Crippen LogP contribution in [0.25, 0.3) is 0 Å². The maximum absolute atomic E-state index is 10.3. The molecular weight excluding hydrogens is 136 g/mol. The summed E-state index contributed by atoms with van der Waals surface area (Å²) in [5.41, 5.74) is 0. The molecule has 0 aromatic heterocycles. The zero-order valence-electron chi connectivity index (χ0n) is 5.33. The third-order valence-electron chi connectivity index (χ3n) is 0.941. The van der Waals surface area contributed by atoms with E-state index < -0.39 is 5.97 Å². The van der Waals surface area contributed by atoms with Crippen molar-refractivity contribution >= 4 is 17.7 Å². The highest BCUT2D eigenvalue weighted by atomic mass is 32.2. The molecule has 0 saturated carbocycles. The quantitative estimate of drug-likeness (QED) is 0.609. The van der Waals surface area contributed by atoms with Crippen LogP contribution in [0.2, 0.25) is 0 Å². The summed E-state index contributed by atoms with van der Waals surface area (Å²) < 4.78 is 0. The van der Waals surface area contributed by atoms with Crippen molar-refractivity contribution in [2.75, 3.05) is 6.26 Å². The van der Waals surface area contributed by atoms with Gasteiger partial charge >= 0.3 is 5.97 Å². The highest BCUT2D eigenvalue weighted by Crippen LogP contribution is 2.10. The summed E-state index contributed by atoms with van der Waals surface area (Å²) in [6.07, 6.45) is 3.94. The van der Waals surface area contributed by atoms with Crippen molar-refractivity contribution in [3.63, 3.8) is 0 Å². The van der Waals surface area contributed by atoms with Crippen molar-refractivity contribution in [1.29, 1.82) is 0 Å². The average molecular weight is 146 g/mol. The number of carboxylic acids is 1. The molecular formula is C6H10O2S. The Labute approximate surface area is 59.0 Å². The summed E-state index contributed by atoms with van der Waals surface area (Å²) in [6, 6.07) is 0. The first kappa shape index (κ1) is 8.56. The SMILES string of the molecule is C=CCC(SC)C(=O)O. The van der Waals surface area contributed by atoms with Crippen LogP contribution < -0.4 is 0 Å². The van der Waals surface area contributed by atoms with Gasteiger partial charge in [0, 0.05) is 0 Å². The molecule has 52 valence electrons. The summed E-state index contributed by atoms with van der Waals surface area (Å²) in [4.78, 5) is 10.3. The largest absolute Gasteiger partial charge is 0.480 e. The molecule has 9 heavy (non-hydrogen) atoms. The minimum atomic E-state index is -0.762. The monoisotopic (exact) mass is 146 g/mol. The maximum atomic E-state index is 10.3. The molecule has 0 heterocycles. The molecule has 0 bridgehead atoms. The third kappa shape index (κ3) is 3.19.